The molecule has 0 aromatic heterocycles. The Morgan fingerprint density at radius 2 is 1.71 bits per heavy atom. The van der Waals surface area contributed by atoms with Crippen LogP contribution in [0.1, 0.15) is 44.9 Å². The van der Waals surface area contributed by atoms with Crippen molar-refractivity contribution in [2.75, 3.05) is 6.54 Å². The number of alkyl halides is 5. The van der Waals surface area contributed by atoms with Gasteiger partial charge in [0, 0.05) is 17.3 Å². The largest absolute Gasteiger partial charge is 0.330 e. The summed E-state index contributed by atoms with van der Waals surface area (Å²) in [6.07, 6.45) is -3.07. The lowest BCUT2D eigenvalue weighted by molar-refractivity contribution is -0.142. The van der Waals surface area contributed by atoms with E-state index in [0.29, 0.717) is 32.2 Å². The van der Waals surface area contributed by atoms with Gasteiger partial charge in [0.25, 0.3) is 5.91 Å². The van der Waals surface area contributed by atoms with Gasteiger partial charge < -0.3 is 4.90 Å². The second-order valence-electron chi connectivity index (χ2n) is 7.94. The molecule has 1 heterocycles. The Labute approximate surface area is 172 Å². The lowest BCUT2D eigenvalue weighted by Gasteiger charge is -2.35. The summed E-state index contributed by atoms with van der Waals surface area (Å²) in [6.45, 7) is 0.440. The van der Waals surface area contributed by atoms with E-state index >= 15 is 0 Å². The van der Waals surface area contributed by atoms with Gasteiger partial charge in [0.15, 0.2) is 12.3 Å². The molecule has 0 radical (unpaired) electrons. The summed E-state index contributed by atoms with van der Waals surface area (Å²) < 4.78 is 40.7. The first-order chi connectivity index (χ1) is 13.3. The van der Waals surface area contributed by atoms with E-state index in [9.17, 15) is 22.8 Å². The monoisotopic (exact) mass is 443 g/mol. The lowest BCUT2D eigenvalue weighted by atomic mass is 9.87. The molecule has 5 nitrogen and oxygen atoms in total. The molecule has 1 saturated heterocycles. The minimum atomic E-state index is -2.21. The summed E-state index contributed by atoms with van der Waals surface area (Å²) in [5.41, 5.74) is 4.88. The normalized spacial score (nSPS) is 41.7. The molecule has 1 aliphatic heterocycles. The summed E-state index contributed by atoms with van der Waals surface area (Å²) in [7, 11) is 0. The molecule has 160 valence electrons. The first kappa shape index (κ1) is 22.0. The van der Waals surface area contributed by atoms with Gasteiger partial charge in [-0.2, -0.15) is 0 Å². The van der Waals surface area contributed by atoms with Gasteiger partial charge in [-0.3, -0.25) is 15.0 Å². The zero-order valence-corrected chi connectivity index (χ0v) is 16.9. The van der Waals surface area contributed by atoms with Crippen molar-refractivity contribution in [2.24, 2.45) is 5.92 Å². The van der Waals surface area contributed by atoms with Gasteiger partial charge in [-0.1, -0.05) is 0 Å². The van der Waals surface area contributed by atoms with E-state index in [-0.39, 0.29) is 29.5 Å². The van der Waals surface area contributed by atoms with E-state index in [1.54, 1.807) is 0 Å². The van der Waals surface area contributed by atoms with Crippen molar-refractivity contribution in [3.8, 4) is 0 Å². The van der Waals surface area contributed by atoms with Crippen molar-refractivity contribution in [3.63, 3.8) is 0 Å². The van der Waals surface area contributed by atoms with E-state index in [2.05, 4.69) is 10.9 Å². The second kappa shape index (κ2) is 9.39. The maximum absolute atomic E-state index is 13.9. The lowest BCUT2D eigenvalue weighted by Crippen LogP contribution is -2.58. The fraction of sp³-hybridized carbons (Fsp3) is 0.889. The third kappa shape index (κ3) is 4.70. The summed E-state index contributed by atoms with van der Waals surface area (Å²) >= 11 is 12.5. The molecule has 0 bridgehead atoms. The Hall–Kier alpha value is -0.730. The average Bonchev–Trinajstić information content (AvgIpc) is 3.16. The van der Waals surface area contributed by atoms with Gasteiger partial charge in [0.1, 0.15) is 12.2 Å². The van der Waals surface area contributed by atoms with E-state index < -0.39 is 42.4 Å². The molecule has 8 unspecified atom stereocenters. The van der Waals surface area contributed by atoms with Crippen LogP contribution in [0.4, 0.5) is 13.2 Å². The number of carbonyl (C=O) groups excluding carboxylic acids is 2. The van der Waals surface area contributed by atoms with Crippen LogP contribution in [-0.4, -0.2) is 64.6 Å². The molecule has 2 aliphatic carbocycles. The molecule has 2 N–H and O–H groups in total. The Kier molecular flexibility index (Phi) is 7.37. The number of nitrogens with zero attached hydrogens (tertiary/aromatic N) is 1. The van der Waals surface area contributed by atoms with Crippen molar-refractivity contribution < 1.29 is 22.8 Å². The standard InChI is InChI=1S/C18H26Cl2F3N3O2/c19-9-3-4-11(20)10(8-9)18(28)26-7-1-2-14(26)17(27)25-24-13-6-5-12(21)15(22)16(13)23/h9-16,24H,1-8H2,(H,25,27). The first-order valence-corrected chi connectivity index (χ1v) is 10.7. The highest BCUT2D eigenvalue weighted by molar-refractivity contribution is 6.23. The summed E-state index contributed by atoms with van der Waals surface area (Å²) in [5, 5.41) is -0.420. The van der Waals surface area contributed by atoms with Crippen LogP contribution >= 0.6 is 23.2 Å². The number of hydrogen-bond donors (Lipinski definition) is 2. The van der Waals surface area contributed by atoms with Gasteiger partial charge in [0.2, 0.25) is 5.91 Å². The zero-order valence-electron chi connectivity index (χ0n) is 15.4. The second-order valence-corrected chi connectivity index (χ2v) is 9.12. The molecule has 28 heavy (non-hydrogen) atoms. The number of carbonyl (C=O) groups is 2. The van der Waals surface area contributed by atoms with E-state index in [4.69, 9.17) is 23.2 Å². The van der Waals surface area contributed by atoms with Crippen LogP contribution in [0.2, 0.25) is 0 Å². The number of halogens is 5. The number of rotatable bonds is 4. The summed E-state index contributed by atoms with van der Waals surface area (Å²) in [5.74, 6) is -1.10. The SMILES string of the molecule is O=C(NNC1CCC(F)C(F)C1F)C1CCCN1C(=O)C1CC(Cl)CCC1Cl. The number of hydrogen-bond acceptors (Lipinski definition) is 3. The van der Waals surface area contributed by atoms with E-state index in [1.807, 2.05) is 0 Å². The molecule has 10 heteroatoms. The van der Waals surface area contributed by atoms with Gasteiger partial charge >= 0.3 is 0 Å². The topological polar surface area (TPSA) is 61.4 Å². The summed E-state index contributed by atoms with van der Waals surface area (Å²) in [4.78, 5) is 27.0. The van der Waals surface area contributed by atoms with Gasteiger partial charge in [-0.25, -0.2) is 18.6 Å². The highest BCUT2D eigenvalue weighted by atomic mass is 35.5. The third-order valence-electron chi connectivity index (χ3n) is 6.03. The number of likely N-dealkylation sites (tertiary alicyclic amines) is 1. The van der Waals surface area contributed by atoms with E-state index in [1.165, 1.54) is 4.90 Å². The predicted molar refractivity (Wildman–Crippen MR) is 100 cm³/mol. The molecule has 2 saturated carbocycles. The van der Waals surface area contributed by atoms with Gasteiger partial charge in [0.05, 0.1) is 12.0 Å². The van der Waals surface area contributed by atoms with Crippen molar-refractivity contribution in [2.45, 2.75) is 86.3 Å². The molecule has 8 atom stereocenters. The molecule has 3 fully saturated rings. The molecule has 3 rings (SSSR count). The minimum Gasteiger partial charge on any atom is -0.330 e. The van der Waals surface area contributed by atoms with Crippen molar-refractivity contribution in [3.05, 3.63) is 0 Å². The number of amides is 2. The van der Waals surface area contributed by atoms with Crippen LogP contribution < -0.4 is 10.9 Å². The molecule has 0 aromatic carbocycles. The maximum atomic E-state index is 13.9. The Bertz CT molecular complexity index is 588. The van der Waals surface area contributed by atoms with Crippen LogP contribution in [0.5, 0.6) is 0 Å². The van der Waals surface area contributed by atoms with Crippen molar-refractivity contribution in [1.82, 2.24) is 15.8 Å². The fourth-order valence-corrected chi connectivity index (χ4v) is 4.99. The Morgan fingerprint density at radius 3 is 2.46 bits per heavy atom. The Morgan fingerprint density at radius 1 is 0.964 bits per heavy atom. The number of nitrogens with one attached hydrogen (secondary N) is 2. The molecular weight excluding hydrogens is 418 g/mol. The van der Waals surface area contributed by atoms with Crippen LogP contribution in [-0.2, 0) is 9.59 Å². The molecule has 0 aromatic rings. The van der Waals surface area contributed by atoms with Crippen LogP contribution in [0.25, 0.3) is 0 Å². The zero-order chi connectivity index (χ0) is 20.4. The maximum Gasteiger partial charge on any atom is 0.256 e. The molecular formula is C18H26Cl2F3N3O2. The van der Waals surface area contributed by atoms with Crippen molar-refractivity contribution >= 4 is 35.0 Å². The van der Waals surface area contributed by atoms with Crippen LogP contribution in [0, 0.1) is 5.92 Å². The molecule has 2 amide bonds. The molecule has 0 spiro atoms. The smallest absolute Gasteiger partial charge is 0.256 e. The van der Waals surface area contributed by atoms with Crippen LogP contribution in [0.15, 0.2) is 0 Å². The Balaban J connectivity index is 1.56. The van der Waals surface area contributed by atoms with Crippen molar-refractivity contribution in [1.29, 1.82) is 0 Å². The van der Waals surface area contributed by atoms with Gasteiger partial charge in [-0.05, 0) is 44.9 Å². The van der Waals surface area contributed by atoms with E-state index in [0.717, 1.165) is 6.42 Å². The fourth-order valence-electron chi connectivity index (χ4n) is 4.33. The average molecular weight is 444 g/mol. The minimum absolute atomic E-state index is 0.0729. The summed E-state index contributed by atoms with van der Waals surface area (Å²) in [6, 6.07) is -1.70. The van der Waals surface area contributed by atoms with Gasteiger partial charge in [-0.15, -0.1) is 23.2 Å². The highest BCUT2D eigenvalue weighted by Crippen LogP contribution is 2.34. The quantitative estimate of drug-likeness (QED) is 0.518. The molecule has 3 aliphatic rings. The third-order valence-corrected chi connectivity index (χ3v) is 6.94. The number of hydrazine groups is 1. The highest BCUT2D eigenvalue weighted by Gasteiger charge is 2.43. The predicted octanol–water partition coefficient (Wildman–Crippen LogP) is 2.79. The van der Waals surface area contributed by atoms with Crippen LogP contribution in [0.3, 0.4) is 0 Å². The first-order valence-electron chi connectivity index (χ1n) is 9.85.